The summed E-state index contributed by atoms with van der Waals surface area (Å²) in [7, 11) is 0. The fourth-order valence-corrected chi connectivity index (χ4v) is 3.35. The molecule has 2 heterocycles. The zero-order valence-corrected chi connectivity index (χ0v) is 16.6. The quantitative estimate of drug-likeness (QED) is 0.779. The van der Waals surface area contributed by atoms with E-state index in [1.54, 1.807) is 26.2 Å². The maximum absolute atomic E-state index is 13.0. The average Bonchev–Trinajstić information content (AvgIpc) is 2.73. The molecule has 3 rings (SSSR count). The highest BCUT2D eigenvalue weighted by Crippen LogP contribution is 2.21. The van der Waals surface area contributed by atoms with E-state index in [0.29, 0.717) is 19.6 Å². The van der Waals surface area contributed by atoms with E-state index in [9.17, 15) is 9.59 Å². The van der Waals surface area contributed by atoms with Gasteiger partial charge >= 0.3 is 0 Å². The van der Waals surface area contributed by atoms with Gasteiger partial charge in [-0.25, -0.2) is 0 Å². The molecule has 2 aromatic rings. The molecule has 2 amide bonds. The van der Waals surface area contributed by atoms with Crippen molar-refractivity contribution in [1.82, 2.24) is 20.1 Å². The Morgan fingerprint density at radius 3 is 2.25 bits per heavy atom. The summed E-state index contributed by atoms with van der Waals surface area (Å²) >= 11 is 0. The molecule has 0 saturated carbocycles. The summed E-state index contributed by atoms with van der Waals surface area (Å²) in [5.41, 5.74) is 1.15. The van der Waals surface area contributed by atoms with E-state index < -0.39 is 5.41 Å². The highest BCUT2D eigenvalue weighted by atomic mass is 16.2. The van der Waals surface area contributed by atoms with Crippen LogP contribution >= 0.6 is 0 Å². The number of aromatic nitrogens is 1. The molecule has 6 nitrogen and oxygen atoms in total. The fourth-order valence-electron chi connectivity index (χ4n) is 3.35. The van der Waals surface area contributed by atoms with Crippen LogP contribution in [0.25, 0.3) is 0 Å². The molecule has 0 radical (unpaired) electrons. The summed E-state index contributed by atoms with van der Waals surface area (Å²) in [6, 6.07) is 14.0. The third kappa shape index (κ3) is 4.95. The Morgan fingerprint density at radius 2 is 1.61 bits per heavy atom. The van der Waals surface area contributed by atoms with Crippen molar-refractivity contribution in [2.24, 2.45) is 5.41 Å². The molecule has 28 heavy (non-hydrogen) atoms. The van der Waals surface area contributed by atoms with E-state index >= 15 is 0 Å². The first-order chi connectivity index (χ1) is 13.5. The van der Waals surface area contributed by atoms with Crippen molar-refractivity contribution in [3.05, 3.63) is 66.0 Å². The second-order valence-electron chi connectivity index (χ2n) is 7.72. The van der Waals surface area contributed by atoms with Gasteiger partial charge in [-0.05, 0) is 37.1 Å². The van der Waals surface area contributed by atoms with E-state index in [4.69, 9.17) is 0 Å². The van der Waals surface area contributed by atoms with Crippen LogP contribution in [0.15, 0.2) is 54.9 Å². The van der Waals surface area contributed by atoms with Crippen LogP contribution in [0.3, 0.4) is 0 Å². The Bertz CT molecular complexity index is 785. The number of rotatable bonds is 6. The first kappa shape index (κ1) is 20.0. The Hall–Kier alpha value is -2.73. The van der Waals surface area contributed by atoms with Gasteiger partial charge in [-0.3, -0.25) is 19.5 Å². The number of amides is 2. The molecule has 1 aromatic heterocycles. The summed E-state index contributed by atoms with van der Waals surface area (Å²) in [6.07, 6.45) is 3.37. The highest BCUT2D eigenvalue weighted by molar-refractivity contribution is 6.04. The zero-order chi connectivity index (χ0) is 20.0. The number of benzene rings is 1. The van der Waals surface area contributed by atoms with Crippen molar-refractivity contribution in [3.8, 4) is 0 Å². The Balaban J connectivity index is 1.50. The Labute approximate surface area is 166 Å². The minimum atomic E-state index is -1.09. The van der Waals surface area contributed by atoms with Crippen molar-refractivity contribution in [2.75, 3.05) is 26.2 Å². The van der Waals surface area contributed by atoms with Crippen LogP contribution in [-0.2, 0) is 22.7 Å². The molecular weight excluding hydrogens is 352 g/mol. The van der Waals surface area contributed by atoms with Gasteiger partial charge in [0.05, 0.1) is 0 Å². The molecule has 0 atom stereocenters. The lowest BCUT2D eigenvalue weighted by Crippen LogP contribution is -2.55. The third-order valence-corrected chi connectivity index (χ3v) is 5.21. The van der Waals surface area contributed by atoms with E-state index in [2.05, 4.69) is 27.3 Å². The minimum absolute atomic E-state index is 0.112. The molecule has 0 unspecified atom stereocenters. The molecule has 6 heteroatoms. The van der Waals surface area contributed by atoms with Crippen LogP contribution in [0, 0.1) is 5.41 Å². The average molecular weight is 380 g/mol. The molecule has 1 aliphatic rings. The predicted octanol–water partition coefficient (Wildman–Crippen LogP) is 2.07. The maximum Gasteiger partial charge on any atom is 0.237 e. The molecule has 0 bridgehead atoms. The van der Waals surface area contributed by atoms with Crippen LogP contribution in [-0.4, -0.2) is 52.8 Å². The second kappa shape index (κ2) is 8.97. The largest absolute Gasteiger partial charge is 0.351 e. The molecule has 1 saturated heterocycles. The van der Waals surface area contributed by atoms with E-state index in [1.165, 1.54) is 5.56 Å². The predicted molar refractivity (Wildman–Crippen MR) is 108 cm³/mol. The molecular formula is C22H28N4O2. The molecule has 0 spiro atoms. The first-order valence-corrected chi connectivity index (χ1v) is 9.69. The van der Waals surface area contributed by atoms with Crippen molar-refractivity contribution in [2.45, 2.75) is 26.9 Å². The van der Waals surface area contributed by atoms with Crippen molar-refractivity contribution in [1.29, 1.82) is 0 Å². The summed E-state index contributed by atoms with van der Waals surface area (Å²) in [6.45, 7) is 7.60. The number of carbonyl (C=O) groups is 2. The van der Waals surface area contributed by atoms with Gasteiger partial charge in [0.25, 0.3) is 0 Å². The molecule has 1 fully saturated rings. The fraction of sp³-hybridized carbons (Fsp3) is 0.409. The van der Waals surface area contributed by atoms with Gasteiger partial charge in [0.2, 0.25) is 11.8 Å². The van der Waals surface area contributed by atoms with Gasteiger partial charge in [0.1, 0.15) is 5.41 Å². The van der Waals surface area contributed by atoms with Crippen molar-refractivity contribution < 1.29 is 9.59 Å². The molecule has 148 valence electrons. The van der Waals surface area contributed by atoms with Crippen molar-refractivity contribution in [3.63, 3.8) is 0 Å². The van der Waals surface area contributed by atoms with Gasteiger partial charge < -0.3 is 10.2 Å². The minimum Gasteiger partial charge on any atom is -0.351 e. The van der Waals surface area contributed by atoms with Gasteiger partial charge in [0.15, 0.2) is 0 Å². The number of pyridine rings is 1. The van der Waals surface area contributed by atoms with Gasteiger partial charge in [-0.15, -0.1) is 0 Å². The van der Waals surface area contributed by atoms with Crippen LogP contribution < -0.4 is 5.32 Å². The van der Waals surface area contributed by atoms with Crippen LogP contribution in [0.2, 0.25) is 0 Å². The number of carbonyl (C=O) groups excluding carboxylic acids is 2. The van der Waals surface area contributed by atoms with Gasteiger partial charge in [-0.2, -0.15) is 0 Å². The van der Waals surface area contributed by atoms with Crippen molar-refractivity contribution >= 4 is 11.8 Å². The lowest BCUT2D eigenvalue weighted by molar-refractivity contribution is -0.150. The zero-order valence-electron chi connectivity index (χ0n) is 16.6. The summed E-state index contributed by atoms with van der Waals surface area (Å²) in [4.78, 5) is 33.7. The molecule has 1 N–H and O–H groups in total. The number of hydrogen-bond donors (Lipinski definition) is 1. The molecule has 1 aromatic carbocycles. The maximum atomic E-state index is 13.0. The summed E-state index contributed by atoms with van der Waals surface area (Å²) < 4.78 is 0. The van der Waals surface area contributed by atoms with Crippen LogP contribution in [0.5, 0.6) is 0 Å². The van der Waals surface area contributed by atoms with Gasteiger partial charge in [-0.1, -0.05) is 30.3 Å². The monoisotopic (exact) mass is 380 g/mol. The van der Waals surface area contributed by atoms with Gasteiger partial charge in [0, 0.05) is 51.7 Å². The molecule has 1 aliphatic heterocycles. The van der Waals surface area contributed by atoms with Crippen LogP contribution in [0.1, 0.15) is 25.0 Å². The Kier molecular flexibility index (Phi) is 6.41. The standard InChI is InChI=1S/C22H28N4O2/c1-22(2,20(27)24-16-18-8-10-23-11-9-18)21(28)26-14-12-25(13-15-26)17-19-6-4-3-5-7-19/h3-11H,12-17H2,1-2H3,(H,24,27). The van der Waals surface area contributed by atoms with E-state index in [0.717, 1.165) is 25.2 Å². The lowest BCUT2D eigenvalue weighted by Gasteiger charge is -2.38. The normalized spacial score (nSPS) is 15.3. The SMILES string of the molecule is CC(C)(C(=O)NCc1ccncc1)C(=O)N1CCN(Cc2ccccc2)CC1. The van der Waals surface area contributed by atoms with E-state index in [1.807, 2.05) is 35.2 Å². The highest BCUT2D eigenvalue weighted by Gasteiger charge is 2.39. The van der Waals surface area contributed by atoms with E-state index in [-0.39, 0.29) is 11.8 Å². The summed E-state index contributed by atoms with van der Waals surface area (Å²) in [5, 5.41) is 2.88. The lowest BCUT2D eigenvalue weighted by atomic mass is 9.90. The Morgan fingerprint density at radius 1 is 0.964 bits per heavy atom. The first-order valence-electron chi connectivity index (χ1n) is 9.69. The summed E-state index contributed by atoms with van der Waals surface area (Å²) in [5.74, 6) is -0.361. The molecule has 0 aliphatic carbocycles. The third-order valence-electron chi connectivity index (χ3n) is 5.21. The second-order valence-corrected chi connectivity index (χ2v) is 7.72. The number of nitrogens with one attached hydrogen (secondary N) is 1. The number of nitrogens with zero attached hydrogens (tertiary/aromatic N) is 3. The smallest absolute Gasteiger partial charge is 0.237 e. The number of hydrogen-bond acceptors (Lipinski definition) is 4. The topological polar surface area (TPSA) is 65.5 Å². The van der Waals surface area contributed by atoms with Crippen LogP contribution in [0.4, 0.5) is 0 Å². The number of piperazine rings is 1.